The molecule has 1 aromatic rings. The number of nitrogens with zero attached hydrogens (tertiary/aromatic N) is 1. The summed E-state index contributed by atoms with van der Waals surface area (Å²) in [7, 11) is 0. The maximum absolute atomic E-state index is 11.4. The Hall–Kier alpha value is -2.44. The lowest BCUT2D eigenvalue weighted by Crippen LogP contribution is -2.16. The number of ketones is 1. The van der Waals surface area contributed by atoms with Crippen molar-refractivity contribution in [3.05, 3.63) is 45.5 Å². The molecule has 0 spiro atoms. The van der Waals surface area contributed by atoms with Gasteiger partial charge in [0.2, 0.25) is 0 Å². The first kappa shape index (κ1) is 11.6. The average Bonchev–Trinajstić information content (AvgIpc) is 2.25. The highest BCUT2D eigenvalue weighted by molar-refractivity contribution is 6.06. The van der Waals surface area contributed by atoms with Crippen LogP contribution in [0.4, 0.5) is 0 Å². The molecule has 0 aliphatic heterocycles. The Morgan fingerprint density at radius 2 is 1.88 bits per heavy atom. The van der Waals surface area contributed by atoms with Crippen LogP contribution in [-0.2, 0) is 4.84 Å². The number of hydrogen-bond acceptors (Lipinski definition) is 5. The van der Waals surface area contributed by atoms with E-state index in [1.165, 1.54) is 24.3 Å². The summed E-state index contributed by atoms with van der Waals surface area (Å²) in [5.41, 5.74) is -0.323. The van der Waals surface area contributed by atoms with Crippen LogP contribution in [0, 0.1) is 10.1 Å². The molecular formula is C9H7NO6. The number of benzene rings is 1. The standard InChI is InChI=1S/C9H7NO6/c11-8(5-16-10(14)15)6-3-1-2-4-7(6)9(12)13/h1-4H,5H2,(H,12,13). The van der Waals surface area contributed by atoms with Crippen LogP contribution in [0.1, 0.15) is 20.7 Å². The largest absolute Gasteiger partial charge is 0.478 e. The molecule has 0 saturated heterocycles. The second-order valence-electron chi connectivity index (χ2n) is 2.77. The number of Topliss-reactive ketones (excluding diaryl/α,β-unsaturated/α-hetero) is 1. The minimum atomic E-state index is -1.27. The highest BCUT2D eigenvalue weighted by Gasteiger charge is 2.16. The Kier molecular flexibility index (Phi) is 3.54. The van der Waals surface area contributed by atoms with Crippen LogP contribution in [0.5, 0.6) is 0 Å². The van der Waals surface area contributed by atoms with Gasteiger partial charge in [0.15, 0.2) is 12.4 Å². The fourth-order valence-electron chi connectivity index (χ4n) is 1.10. The fraction of sp³-hybridized carbons (Fsp3) is 0.111. The molecule has 84 valence electrons. The van der Waals surface area contributed by atoms with Crippen LogP contribution < -0.4 is 0 Å². The molecule has 0 amide bonds. The maximum atomic E-state index is 11.4. The zero-order chi connectivity index (χ0) is 12.1. The zero-order valence-corrected chi connectivity index (χ0v) is 7.95. The molecule has 0 aromatic heterocycles. The molecule has 0 aliphatic rings. The van der Waals surface area contributed by atoms with Gasteiger partial charge >= 0.3 is 5.97 Å². The van der Waals surface area contributed by atoms with Crippen molar-refractivity contribution >= 4 is 11.8 Å². The van der Waals surface area contributed by atoms with Crippen molar-refractivity contribution in [2.45, 2.75) is 0 Å². The van der Waals surface area contributed by atoms with Crippen molar-refractivity contribution in [1.29, 1.82) is 0 Å². The molecule has 1 rings (SSSR count). The molecule has 0 radical (unpaired) electrons. The van der Waals surface area contributed by atoms with Crippen molar-refractivity contribution in [2.75, 3.05) is 6.61 Å². The third-order valence-corrected chi connectivity index (χ3v) is 1.76. The summed E-state index contributed by atoms with van der Waals surface area (Å²) in [5.74, 6) is -2.03. The van der Waals surface area contributed by atoms with Crippen molar-refractivity contribution in [3.63, 3.8) is 0 Å². The SMILES string of the molecule is O=C(O)c1ccccc1C(=O)CO[N+](=O)[O-]. The monoisotopic (exact) mass is 225 g/mol. The van der Waals surface area contributed by atoms with Gasteiger partial charge in [-0.05, 0) is 6.07 Å². The molecule has 0 aliphatic carbocycles. The van der Waals surface area contributed by atoms with Gasteiger partial charge in [-0.2, -0.15) is 0 Å². The normalized spacial score (nSPS) is 9.50. The molecule has 7 heteroatoms. The van der Waals surface area contributed by atoms with Crippen LogP contribution in [-0.4, -0.2) is 28.6 Å². The minimum Gasteiger partial charge on any atom is -0.478 e. The number of carbonyl (C=O) groups excluding carboxylic acids is 1. The van der Waals surface area contributed by atoms with E-state index in [2.05, 4.69) is 4.84 Å². The summed E-state index contributed by atoms with van der Waals surface area (Å²) < 4.78 is 0. The van der Waals surface area contributed by atoms with Crippen LogP contribution >= 0.6 is 0 Å². The number of hydrogen-bond donors (Lipinski definition) is 1. The molecule has 0 unspecified atom stereocenters. The molecule has 1 aromatic carbocycles. The fourth-order valence-corrected chi connectivity index (χ4v) is 1.10. The van der Waals surface area contributed by atoms with Gasteiger partial charge in [-0.15, -0.1) is 10.1 Å². The maximum Gasteiger partial charge on any atom is 0.336 e. The lowest BCUT2D eigenvalue weighted by Gasteiger charge is -2.03. The van der Waals surface area contributed by atoms with Crippen molar-refractivity contribution in [1.82, 2.24) is 0 Å². The van der Waals surface area contributed by atoms with Crippen LogP contribution in [0.25, 0.3) is 0 Å². The highest BCUT2D eigenvalue weighted by atomic mass is 16.9. The number of carboxylic acids is 1. The molecule has 0 bridgehead atoms. The Morgan fingerprint density at radius 3 is 2.38 bits per heavy atom. The lowest BCUT2D eigenvalue weighted by molar-refractivity contribution is -0.754. The molecule has 1 N–H and O–H groups in total. The number of aromatic carboxylic acids is 1. The van der Waals surface area contributed by atoms with Crippen LogP contribution in [0.15, 0.2) is 24.3 Å². The van der Waals surface area contributed by atoms with E-state index in [-0.39, 0.29) is 11.1 Å². The minimum absolute atomic E-state index is 0.114. The van der Waals surface area contributed by atoms with Gasteiger partial charge in [-0.25, -0.2) is 4.79 Å². The van der Waals surface area contributed by atoms with Gasteiger partial charge in [0, 0.05) is 5.56 Å². The van der Waals surface area contributed by atoms with E-state index in [0.717, 1.165) is 0 Å². The van der Waals surface area contributed by atoms with E-state index >= 15 is 0 Å². The third-order valence-electron chi connectivity index (χ3n) is 1.76. The molecule has 0 fully saturated rings. The summed E-state index contributed by atoms with van der Waals surface area (Å²) in [4.78, 5) is 35.9. The molecular weight excluding hydrogens is 218 g/mol. The quantitative estimate of drug-likeness (QED) is 0.450. The van der Waals surface area contributed by atoms with Crippen LogP contribution in [0.2, 0.25) is 0 Å². The third kappa shape index (κ3) is 2.77. The second-order valence-corrected chi connectivity index (χ2v) is 2.77. The van der Waals surface area contributed by atoms with Gasteiger partial charge in [-0.3, -0.25) is 4.79 Å². The van der Waals surface area contributed by atoms with Crippen molar-refractivity contribution in [2.24, 2.45) is 0 Å². The summed E-state index contributed by atoms with van der Waals surface area (Å²) in [6, 6.07) is 5.43. The van der Waals surface area contributed by atoms with E-state index < -0.39 is 23.4 Å². The van der Waals surface area contributed by atoms with Crippen LogP contribution in [0.3, 0.4) is 0 Å². The predicted molar refractivity (Wildman–Crippen MR) is 50.7 cm³/mol. The molecule has 0 heterocycles. The van der Waals surface area contributed by atoms with E-state index in [0.29, 0.717) is 0 Å². The van der Waals surface area contributed by atoms with Gasteiger partial charge in [-0.1, -0.05) is 18.2 Å². The topological polar surface area (TPSA) is 107 Å². The van der Waals surface area contributed by atoms with Crippen molar-refractivity contribution < 1.29 is 24.6 Å². The predicted octanol–water partition coefficient (Wildman–Crippen LogP) is 0.776. The van der Waals surface area contributed by atoms with E-state index in [4.69, 9.17) is 5.11 Å². The van der Waals surface area contributed by atoms with E-state index in [1.54, 1.807) is 0 Å². The Bertz CT molecular complexity index is 441. The lowest BCUT2D eigenvalue weighted by atomic mass is 10.0. The van der Waals surface area contributed by atoms with Gasteiger partial charge in [0.05, 0.1) is 5.56 Å². The molecule has 16 heavy (non-hydrogen) atoms. The van der Waals surface area contributed by atoms with Crippen molar-refractivity contribution in [3.8, 4) is 0 Å². The molecule has 0 atom stereocenters. The Labute approximate surface area is 89.4 Å². The van der Waals surface area contributed by atoms with E-state index in [9.17, 15) is 19.7 Å². The molecule has 7 nitrogen and oxygen atoms in total. The Morgan fingerprint density at radius 1 is 1.31 bits per heavy atom. The summed E-state index contributed by atoms with van der Waals surface area (Å²) >= 11 is 0. The summed E-state index contributed by atoms with van der Waals surface area (Å²) in [6.45, 7) is -0.794. The molecule has 0 saturated carbocycles. The van der Waals surface area contributed by atoms with Gasteiger partial charge in [0.1, 0.15) is 0 Å². The summed E-state index contributed by atoms with van der Waals surface area (Å²) in [6.07, 6.45) is 0. The van der Waals surface area contributed by atoms with E-state index in [1.807, 2.05) is 0 Å². The number of carboxylic acid groups (broad SMARTS) is 1. The van der Waals surface area contributed by atoms with Gasteiger partial charge < -0.3 is 9.94 Å². The summed E-state index contributed by atoms with van der Waals surface area (Å²) in [5, 5.41) is 17.5. The smallest absolute Gasteiger partial charge is 0.336 e. The zero-order valence-electron chi connectivity index (χ0n) is 7.95. The van der Waals surface area contributed by atoms with Gasteiger partial charge in [0.25, 0.3) is 5.09 Å². The second kappa shape index (κ2) is 4.87. The first-order valence-electron chi connectivity index (χ1n) is 4.15. The average molecular weight is 225 g/mol. The Balaban J connectivity index is 2.90. The number of rotatable bonds is 5. The number of carbonyl (C=O) groups is 2. The first-order valence-corrected chi connectivity index (χ1v) is 4.15. The highest BCUT2D eigenvalue weighted by Crippen LogP contribution is 2.09. The first-order chi connectivity index (χ1) is 7.52.